The monoisotopic (exact) mass is 443 g/mol. The fourth-order valence-electron chi connectivity index (χ4n) is 4.09. The number of rotatable bonds is 8. The summed E-state index contributed by atoms with van der Waals surface area (Å²) in [6.07, 6.45) is 1.79. The molecule has 3 N–H and O–H groups in total. The zero-order valence-corrected chi connectivity index (χ0v) is 18.6. The standard InChI is InChI=1S/C27H29N3O3/c28-26(31)23-10-6-16-30(18-23)17-22-9-4-5-11-25(22)29-27(32)21-12-14-24(15-13-21)33-19-20-7-2-1-3-8-20/h1-5,7-9,11-15,23H,6,10,16-19H2,(H2,28,31)(H,29,32). The summed E-state index contributed by atoms with van der Waals surface area (Å²) in [5.74, 6) is 0.191. The first kappa shape index (κ1) is 22.6. The van der Waals surface area contributed by atoms with E-state index in [1.54, 1.807) is 12.1 Å². The summed E-state index contributed by atoms with van der Waals surface area (Å²) >= 11 is 0. The number of primary amides is 1. The Kier molecular flexibility index (Phi) is 7.37. The van der Waals surface area contributed by atoms with Crippen molar-refractivity contribution in [3.63, 3.8) is 0 Å². The molecule has 33 heavy (non-hydrogen) atoms. The van der Waals surface area contributed by atoms with Crippen LogP contribution in [0, 0.1) is 5.92 Å². The molecule has 0 spiro atoms. The van der Waals surface area contributed by atoms with E-state index in [2.05, 4.69) is 10.2 Å². The molecule has 3 aromatic rings. The van der Waals surface area contributed by atoms with Crippen molar-refractivity contribution in [2.45, 2.75) is 26.0 Å². The maximum atomic E-state index is 12.9. The first-order valence-corrected chi connectivity index (χ1v) is 11.3. The van der Waals surface area contributed by atoms with Gasteiger partial charge in [-0.3, -0.25) is 14.5 Å². The van der Waals surface area contributed by atoms with Crippen LogP contribution in [-0.2, 0) is 17.9 Å². The summed E-state index contributed by atoms with van der Waals surface area (Å²) in [6, 6.07) is 24.9. The van der Waals surface area contributed by atoms with Gasteiger partial charge in [-0.25, -0.2) is 0 Å². The van der Waals surface area contributed by atoms with Crippen molar-refractivity contribution in [3.8, 4) is 5.75 Å². The van der Waals surface area contributed by atoms with Gasteiger partial charge in [0.1, 0.15) is 12.4 Å². The van der Waals surface area contributed by atoms with Crippen LogP contribution in [0.3, 0.4) is 0 Å². The van der Waals surface area contributed by atoms with E-state index in [-0.39, 0.29) is 17.7 Å². The Morgan fingerprint density at radius 2 is 1.70 bits per heavy atom. The number of carbonyl (C=O) groups excluding carboxylic acids is 2. The van der Waals surface area contributed by atoms with E-state index in [9.17, 15) is 9.59 Å². The highest BCUT2D eigenvalue weighted by molar-refractivity contribution is 6.04. The first-order chi connectivity index (χ1) is 16.1. The number of hydrogen-bond acceptors (Lipinski definition) is 4. The number of hydrogen-bond donors (Lipinski definition) is 2. The molecule has 1 unspecified atom stereocenters. The number of nitrogens with two attached hydrogens (primary N) is 1. The van der Waals surface area contributed by atoms with Crippen LogP contribution in [0.5, 0.6) is 5.75 Å². The minimum atomic E-state index is -0.238. The number of nitrogens with zero attached hydrogens (tertiary/aromatic N) is 1. The number of ether oxygens (including phenoxy) is 1. The number of para-hydroxylation sites is 1. The number of benzene rings is 3. The van der Waals surface area contributed by atoms with E-state index in [0.717, 1.165) is 36.2 Å². The number of amides is 2. The van der Waals surface area contributed by atoms with Crippen LogP contribution in [0.25, 0.3) is 0 Å². The molecule has 0 radical (unpaired) electrons. The molecule has 6 nitrogen and oxygen atoms in total. The SMILES string of the molecule is NC(=O)C1CCCN(Cc2ccccc2NC(=O)c2ccc(OCc3ccccc3)cc2)C1. The van der Waals surface area contributed by atoms with E-state index in [4.69, 9.17) is 10.5 Å². The largest absolute Gasteiger partial charge is 0.489 e. The summed E-state index contributed by atoms with van der Waals surface area (Å²) < 4.78 is 5.80. The number of nitrogens with one attached hydrogen (secondary N) is 1. The van der Waals surface area contributed by atoms with Gasteiger partial charge in [0.05, 0.1) is 5.92 Å². The summed E-state index contributed by atoms with van der Waals surface area (Å²) in [4.78, 5) is 26.7. The van der Waals surface area contributed by atoms with Gasteiger partial charge in [-0.1, -0.05) is 48.5 Å². The molecule has 1 fully saturated rings. The second kappa shape index (κ2) is 10.8. The Bertz CT molecular complexity index is 1080. The molecule has 1 atom stereocenters. The molecule has 170 valence electrons. The average molecular weight is 444 g/mol. The predicted octanol–water partition coefficient (Wildman–Crippen LogP) is 4.22. The fourth-order valence-corrected chi connectivity index (χ4v) is 4.09. The van der Waals surface area contributed by atoms with Gasteiger partial charge in [0.2, 0.25) is 5.91 Å². The number of carbonyl (C=O) groups is 2. The molecule has 1 saturated heterocycles. The fraction of sp³-hybridized carbons (Fsp3) is 0.259. The molecular weight excluding hydrogens is 414 g/mol. The third-order valence-corrected chi connectivity index (χ3v) is 5.93. The van der Waals surface area contributed by atoms with Crippen LogP contribution >= 0.6 is 0 Å². The van der Waals surface area contributed by atoms with Gasteiger partial charge in [0.15, 0.2) is 0 Å². The maximum Gasteiger partial charge on any atom is 0.255 e. The molecular formula is C27H29N3O3. The van der Waals surface area contributed by atoms with Gasteiger partial charge < -0.3 is 15.8 Å². The molecule has 4 rings (SSSR count). The Balaban J connectivity index is 1.37. The molecule has 6 heteroatoms. The summed E-state index contributed by atoms with van der Waals surface area (Å²) in [5.41, 5.74) is 8.94. The second-order valence-electron chi connectivity index (χ2n) is 8.39. The minimum Gasteiger partial charge on any atom is -0.489 e. The van der Waals surface area contributed by atoms with Gasteiger partial charge in [0, 0.05) is 24.3 Å². The van der Waals surface area contributed by atoms with Crippen molar-refractivity contribution in [1.29, 1.82) is 0 Å². The molecule has 0 aromatic heterocycles. The molecule has 0 aliphatic carbocycles. The van der Waals surface area contributed by atoms with Crippen molar-refractivity contribution in [3.05, 3.63) is 95.6 Å². The highest BCUT2D eigenvalue weighted by atomic mass is 16.5. The molecule has 0 bridgehead atoms. The van der Waals surface area contributed by atoms with Crippen LogP contribution in [0.2, 0.25) is 0 Å². The summed E-state index contributed by atoms with van der Waals surface area (Å²) in [6.45, 7) is 2.71. The Morgan fingerprint density at radius 1 is 0.970 bits per heavy atom. The predicted molar refractivity (Wildman–Crippen MR) is 129 cm³/mol. The number of likely N-dealkylation sites (tertiary alicyclic amines) is 1. The van der Waals surface area contributed by atoms with Crippen molar-refractivity contribution in [2.75, 3.05) is 18.4 Å². The van der Waals surface area contributed by atoms with E-state index in [0.29, 0.717) is 31.0 Å². The molecule has 3 aromatic carbocycles. The van der Waals surface area contributed by atoms with Crippen LogP contribution in [-0.4, -0.2) is 29.8 Å². The molecule has 1 aliphatic rings. The van der Waals surface area contributed by atoms with Gasteiger partial charge in [-0.15, -0.1) is 0 Å². The van der Waals surface area contributed by atoms with Gasteiger partial charge >= 0.3 is 0 Å². The molecule has 0 saturated carbocycles. The number of anilines is 1. The lowest BCUT2D eigenvalue weighted by molar-refractivity contribution is -0.123. The normalized spacial score (nSPS) is 16.2. The smallest absolute Gasteiger partial charge is 0.255 e. The molecule has 1 heterocycles. The highest BCUT2D eigenvalue weighted by Gasteiger charge is 2.24. The Morgan fingerprint density at radius 3 is 2.45 bits per heavy atom. The molecule has 1 aliphatic heterocycles. The number of piperidine rings is 1. The van der Waals surface area contributed by atoms with Gasteiger partial charge in [-0.05, 0) is 60.8 Å². The van der Waals surface area contributed by atoms with E-state index in [1.165, 1.54) is 0 Å². The van der Waals surface area contributed by atoms with Gasteiger partial charge in [0.25, 0.3) is 5.91 Å². The first-order valence-electron chi connectivity index (χ1n) is 11.3. The molecule has 2 amide bonds. The lowest BCUT2D eigenvalue weighted by Crippen LogP contribution is -2.40. The topological polar surface area (TPSA) is 84.7 Å². The lowest BCUT2D eigenvalue weighted by atomic mass is 9.97. The zero-order chi connectivity index (χ0) is 23.0. The second-order valence-corrected chi connectivity index (χ2v) is 8.39. The third-order valence-electron chi connectivity index (χ3n) is 5.93. The van der Waals surface area contributed by atoms with Crippen molar-refractivity contribution < 1.29 is 14.3 Å². The Labute approximate surface area is 194 Å². The summed E-state index contributed by atoms with van der Waals surface area (Å²) in [5, 5.41) is 3.03. The highest BCUT2D eigenvalue weighted by Crippen LogP contribution is 2.23. The maximum absolute atomic E-state index is 12.9. The third kappa shape index (κ3) is 6.20. The summed E-state index contributed by atoms with van der Waals surface area (Å²) in [7, 11) is 0. The van der Waals surface area contributed by atoms with Gasteiger partial charge in [-0.2, -0.15) is 0 Å². The minimum absolute atomic E-state index is 0.108. The van der Waals surface area contributed by atoms with E-state index >= 15 is 0 Å². The van der Waals surface area contributed by atoms with E-state index in [1.807, 2.05) is 66.7 Å². The average Bonchev–Trinajstić information content (AvgIpc) is 2.85. The van der Waals surface area contributed by atoms with Crippen molar-refractivity contribution in [1.82, 2.24) is 4.90 Å². The van der Waals surface area contributed by atoms with E-state index < -0.39 is 0 Å². The van der Waals surface area contributed by atoms with Crippen LogP contribution in [0.4, 0.5) is 5.69 Å². The quantitative estimate of drug-likeness (QED) is 0.546. The van der Waals surface area contributed by atoms with Crippen LogP contribution in [0.15, 0.2) is 78.9 Å². The van der Waals surface area contributed by atoms with Crippen molar-refractivity contribution in [2.24, 2.45) is 11.7 Å². The lowest BCUT2D eigenvalue weighted by Gasteiger charge is -2.31. The van der Waals surface area contributed by atoms with Crippen LogP contribution < -0.4 is 15.8 Å². The zero-order valence-electron chi connectivity index (χ0n) is 18.6. The van der Waals surface area contributed by atoms with Crippen LogP contribution in [0.1, 0.15) is 34.3 Å². The Hall–Kier alpha value is -3.64. The van der Waals surface area contributed by atoms with Crippen molar-refractivity contribution >= 4 is 17.5 Å².